The lowest BCUT2D eigenvalue weighted by Crippen LogP contribution is -2.29. The SMILES string of the molecule is CCOC(=O)CC(O)CC(O)C=Cc1c(C(C)C)cc2c(c1-c1ccc(F)cc1)OC(C)(C)O2. The van der Waals surface area contributed by atoms with Gasteiger partial charge in [-0.2, -0.15) is 0 Å². The zero-order valence-electron chi connectivity index (χ0n) is 20.3. The van der Waals surface area contributed by atoms with Crippen LogP contribution in [-0.2, 0) is 9.53 Å². The molecule has 0 bridgehead atoms. The summed E-state index contributed by atoms with van der Waals surface area (Å²) >= 11 is 0. The van der Waals surface area contributed by atoms with Gasteiger partial charge in [-0.05, 0) is 47.7 Å². The fourth-order valence-corrected chi connectivity index (χ4v) is 4.00. The number of fused-ring (bicyclic) bond motifs is 1. The van der Waals surface area contributed by atoms with Crippen LogP contribution in [0.5, 0.6) is 11.5 Å². The van der Waals surface area contributed by atoms with Crippen molar-refractivity contribution in [2.24, 2.45) is 0 Å². The summed E-state index contributed by atoms with van der Waals surface area (Å²) in [6.45, 7) is 9.67. The van der Waals surface area contributed by atoms with Gasteiger partial charge in [0.05, 0.1) is 25.2 Å². The quantitative estimate of drug-likeness (QED) is 0.488. The van der Waals surface area contributed by atoms with Crippen LogP contribution in [0.1, 0.15) is 64.5 Å². The Bertz CT molecular complexity index is 1040. The third-order valence-corrected chi connectivity index (χ3v) is 5.48. The molecule has 0 saturated heterocycles. The van der Waals surface area contributed by atoms with E-state index < -0.39 is 24.0 Å². The zero-order chi connectivity index (χ0) is 25.0. The number of rotatable bonds is 9. The van der Waals surface area contributed by atoms with Gasteiger partial charge in [0.2, 0.25) is 5.79 Å². The predicted octanol–water partition coefficient (Wildman–Crippen LogP) is 5.20. The molecule has 2 N–H and O–H groups in total. The number of ether oxygens (including phenoxy) is 3. The molecule has 0 fully saturated rings. The fourth-order valence-electron chi connectivity index (χ4n) is 4.00. The van der Waals surface area contributed by atoms with E-state index in [0.29, 0.717) is 11.5 Å². The first-order chi connectivity index (χ1) is 16.0. The average Bonchev–Trinajstić information content (AvgIpc) is 3.05. The summed E-state index contributed by atoms with van der Waals surface area (Å²) in [5.74, 6) is -0.438. The molecule has 2 aromatic rings. The molecule has 2 unspecified atom stereocenters. The van der Waals surface area contributed by atoms with Crippen molar-refractivity contribution < 1.29 is 33.6 Å². The number of carbonyl (C=O) groups excluding carboxylic acids is 1. The van der Waals surface area contributed by atoms with Gasteiger partial charge in [0.1, 0.15) is 5.82 Å². The second kappa shape index (κ2) is 10.6. The minimum absolute atomic E-state index is 0.0181. The van der Waals surface area contributed by atoms with E-state index in [1.807, 2.05) is 33.8 Å². The summed E-state index contributed by atoms with van der Waals surface area (Å²) in [6.07, 6.45) is 1.14. The van der Waals surface area contributed by atoms with Crippen LogP contribution in [0.3, 0.4) is 0 Å². The lowest BCUT2D eigenvalue weighted by Gasteiger charge is -2.19. The van der Waals surface area contributed by atoms with Crippen molar-refractivity contribution >= 4 is 12.0 Å². The maximum atomic E-state index is 13.7. The van der Waals surface area contributed by atoms with Crippen LogP contribution in [0.2, 0.25) is 0 Å². The molecule has 1 aliphatic heterocycles. The normalized spacial score (nSPS) is 16.1. The lowest BCUT2D eigenvalue weighted by molar-refractivity contribution is -0.145. The molecule has 0 aromatic heterocycles. The number of aliphatic hydroxyl groups excluding tert-OH is 2. The Hall–Kier alpha value is -2.90. The highest BCUT2D eigenvalue weighted by Crippen LogP contribution is 2.50. The first-order valence-electron chi connectivity index (χ1n) is 11.6. The molecule has 0 spiro atoms. The number of hydrogen-bond donors (Lipinski definition) is 2. The fraction of sp³-hybridized carbons (Fsp3) is 0.444. The van der Waals surface area contributed by atoms with Crippen LogP contribution in [0.15, 0.2) is 36.4 Å². The second-order valence-corrected chi connectivity index (χ2v) is 9.17. The second-order valence-electron chi connectivity index (χ2n) is 9.17. The molecule has 0 radical (unpaired) electrons. The molecule has 184 valence electrons. The predicted molar refractivity (Wildman–Crippen MR) is 128 cm³/mol. The summed E-state index contributed by atoms with van der Waals surface area (Å²) in [5, 5.41) is 20.7. The zero-order valence-corrected chi connectivity index (χ0v) is 20.3. The highest BCUT2D eigenvalue weighted by molar-refractivity contribution is 5.85. The Morgan fingerprint density at radius 1 is 1.18 bits per heavy atom. The molecule has 2 atom stereocenters. The van der Waals surface area contributed by atoms with E-state index in [2.05, 4.69) is 0 Å². The molecule has 6 nitrogen and oxygen atoms in total. The Labute approximate surface area is 200 Å². The van der Waals surface area contributed by atoms with Crippen LogP contribution in [-0.4, -0.2) is 40.8 Å². The number of benzene rings is 2. The van der Waals surface area contributed by atoms with E-state index in [-0.39, 0.29) is 31.2 Å². The minimum atomic E-state index is -1.03. The number of hydrogen-bond acceptors (Lipinski definition) is 6. The monoisotopic (exact) mass is 472 g/mol. The van der Waals surface area contributed by atoms with Crippen LogP contribution < -0.4 is 9.47 Å². The van der Waals surface area contributed by atoms with Gasteiger partial charge >= 0.3 is 5.97 Å². The molecule has 7 heteroatoms. The van der Waals surface area contributed by atoms with E-state index in [1.54, 1.807) is 31.2 Å². The van der Waals surface area contributed by atoms with E-state index in [4.69, 9.17) is 14.2 Å². The molecule has 34 heavy (non-hydrogen) atoms. The number of aliphatic hydroxyl groups is 2. The van der Waals surface area contributed by atoms with Gasteiger partial charge in [-0.15, -0.1) is 0 Å². The maximum Gasteiger partial charge on any atom is 0.308 e. The molecule has 2 aromatic carbocycles. The van der Waals surface area contributed by atoms with E-state index in [9.17, 15) is 19.4 Å². The highest BCUT2D eigenvalue weighted by atomic mass is 19.1. The van der Waals surface area contributed by atoms with Gasteiger partial charge in [0, 0.05) is 25.8 Å². The van der Waals surface area contributed by atoms with Crippen molar-refractivity contribution in [2.45, 2.75) is 71.4 Å². The molecule has 0 amide bonds. The van der Waals surface area contributed by atoms with Crippen molar-refractivity contribution in [2.75, 3.05) is 6.61 Å². The summed E-state index contributed by atoms with van der Waals surface area (Å²) in [6, 6.07) is 8.07. The summed E-state index contributed by atoms with van der Waals surface area (Å²) in [7, 11) is 0. The van der Waals surface area contributed by atoms with Crippen LogP contribution in [0.25, 0.3) is 17.2 Å². The first kappa shape index (κ1) is 25.7. The maximum absolute atomic E-state index is 13.7. The summed E-state index contributed by atoms with van der Waals surface area (Å²) < 4.78 is 30.6. The van der Waals surface area contributed by atoms with Crippen molar-refractivity contribution in [3.05, 3.63) is 53.4 Å². The minimum Gasteiger partial charge on any atom is -0.466 e. The van der Waals surface area contributed by atoms with Gasteiger partial charge < -0.3 is 24.4 Å². The molecule has 0 aliphatic carbocycles. The molecule has 3 rings (SSSR count). The van der Waals surface area contributed by atoms with Crippen molar-refractivity contribution in [1.29, 1.82) is 0 Å². The Morgan fingerprint density at radius 2 is 1.85 bits per heavy atom. The number of halogens is 1. The Kier molecular flexibility index (Phi) is 8.00. The third kappa shape index (κ3) is 6.15. The van der Waals surface area contributed by atoms with E-state index >= 15 is 0 Å². The standard InChI is InChI=1S/C27H33FO6/c1-6-32-24(31)14-20(30)13-19(29)11-12-21-22(16(2)3)15-23-26(34-27(4,5)33-23)25(21)17-7-9-18(28)10-8-17/h7-12,15-16,19-20,29-30H,6,13-14H2,1-5H3. The van der Waals surface area contributed by atoms with Crippen molar-refractivity contribution in [3.8, 4) is 22.6 Å². The first-order valence-corrected chi connectivity index (χ1v) is 11.6. The largest absolute Gasteiger partial charge is 0.466 e. The van der Waals surface area contributed by atoms with E-state index in [0.717, 1.165) is 22.3 Å². The van der Waals surface area contributed by atoms with Crippen LogP contribution in [0.4, 0.5) is 4.39 Å². The Balaban J connectivity index is 2.00. The average molecular weight is 473 g/mol. The topological polar surface area (TPSA) is 85.2 Å². The van der Waals surface area contributed by atoms with E-state index in [1.165, 1.54) is 12.1 Å². The molecule has 1 aliphatic rings. The van der Waals surface area contributed by atoms with Gasteiger partial charge in [0.15, 0.2) is 11.5 Å². The third-order valence-electron chi connectivity index (χ3n) is 5.48. The van der Waals surface area contributed by atoms with Gasteiger partial charge in [-0.3, -0.25) is 4.79 Å². The molecule has 0 saturated carbocycles. The number of esters is 1. The van der Waals surface area contributed by atoms with Gasteiger partial charge in [-0.25, -0.2) is 4.39 Å². The van der Waals surface area contributed by atoms with Crippen molar-refractivity contribution in [1.82, 2.24) is 0 Å². The Morgan fingerprint density at radius 3 is 2.47 bits per heavy atom. The smallest absolute Gasteiger partial charge is 0.308 e. The van der Waals surface area contributed by atoms with Crippen LogP contribution in [0, 0.1) is 5.82 Å². The van der Waals surface area contributed by atoms with Gasteiger partial charge in [-0.1, -0.05) is 38.1 Å². The number of carbonyl (C=O) groups is 1. The molecular weight excluding hydrogens is 439 g/mol. The lowest BCUT2D eigenvalue weighted by atomic mass is 9.88. The van der Waals surface area contributed by atoms with Crippen molar-refractivity contribution in [3.63, 3.8) is 0 Å². The summed E-state index contributed by atoms with van der Waals surface area (Å²) in [5.41, 5.74) is 3.26. The summed E-state index contributed by atoms with van der Waals surface area (Å²) in [4.78, 5) is 11.6. The molecule has 1 heterocycles. The highest BCUT2D eigenvalue weighted by Gasteiger charge is 2.36. The molecular formula is C27H33FO6. The van der Waals surface area contributed by atoms with Crippen LogP contribution >= 0.6 is 0 Å². The van der Waals surface area contributed by atoms with Gasteiger partial charge in [0.25, 0.3) is 0 Å².